The van der Waals surface area contributed by atoms with Gasteiger partial charge in [0.15, 0.2) is 0 Å². The molecule has 2 aromatic carbocycles. The van der Waals surface area contributed by atoms with Gasteiger partial charge in [0, 0.05) is 43.4 Å². The topological polar surface area (TPSA) is 103 Å². The zero-order valence-corrected chi connectivity index (χ0v) is 22.2. The fraction of sp³-hybridized carbons (Fsp3) is 0.393. The van der Waals surface area contributed by atoms with E-state index >= 15 is 0 Å². The van der Waals surface area contributed by atoms with Crippen molar-refractivity contribution in [3.63, 3.8) is 0 Å². The Bertz CT molecular complexity index is 1320. The Morgan fingerprint density at radius 3 is 2.68 bits per heavy atom. The molecule has 6 rings (SSSR count). The minimum absolute atomic E-state index is 0.0144. The highest BCUT2D eigenvalue weighted by molar-refractivity contribution is 8.04. The van der Waals surface area contributed by atoms with E-state index in [9.17, 15) is 14.4 Å². The van der Waals surface area contributed by atoms with E-state index in [1.165, 1.54) is 18.7 Å². The maximum atomic E-state index is 13.6. The minimum atomic E-state index is -0.216. The number of nitrogens with one attached hydrogen (secondary N) is 3. The summed E-state index contributed by atoms with van der Waals surface area (Å²) in [6.07, 6.45) is 1.52. The van der Waals surface area contributed by atoms with Gasteiger partial charge in [0.2, 0.25) is 5.91 Å². The summed E-state index contributed by atoms with van der Waals surface area (Å²) < 4.78 is 5.99. The number of para-hydroxylation sites is 1. The summed E-state index contributed by atoms with van der Waals surface area (Å²) in [5.41, 5.74) is 2.52. The van der Waals surface area contributed by atoms with Crippen LogP contribution in [0.15, 0.2) is 59.1 Å². The molecular weight excluding hydrogens is 502 g/mol. The van der Waals surface area contributed by atoms with Gasteiger partial charge in [0.1, 0.15) is 11.5 Å². The molecule has 38 heavy (non-hydrogen) atoms. The standard InChI is InChI=1S/C28H31N5O4S/c1-16-14-20(37-19-6-4-3-5-7-19)8-9-21(16)33-22-10-12-29-26-23(22)24(31-28(33)36)25(38-26)27(35)32-13-11-18(15-32)30-17(2)34/h3-9,14,18,22-23,26,29H,10-13,15H2,1-2H3,(H,30,34)(H,31,36)/t18-,22?,23?,26?/m0/s1. The van der Waals surface area contributed by atoms with E-state index in [1.807, 2.05) is 60.4 Å². The van der Waals surface area contributed by atoms with Crippen LogP contribution < -0.4 is 25.6 Å². The number of anilines is 1. The van der Waals surface area contributed by atoms with Crippen molar-refractivity contribution < 1.29 is 19.1 Å². The third-order valence-corrected chi connectivity index (χ3v) is 8.97. The zero-order valence-electron chi connectivity index (χ0n) is 21.4. The number of urea groups is 1. The van der Waals surface area contributed by atoms with Crippen molar-refractivity contribution in [3.8, 4) is 11.5 Å². The number of rotatable bonds is 5. The monoisotopic (exact) mass is 533 g/mol. The van der Waals surface area contributed by atoms with Gasteiger partial charge in [-0.2, -0.15) is 0 Å². The van der Waals surface area contributed by atoms with E-state index in [2.05, 4.69) is 16.0 Å². The fourth-order valence-corrected chi connectivity index (χ4v) is 7.43. The van der Waals surface area contributed by atoms with Gasteiger partial charge in [0.05, 0.1) is 16.3 Å². The molecule has 0 aliphatic carbocycles. The van der Waals surface area contributed by atoms with Crippen LogP contribution in [0, 0.1) is 12.8 Å². The van der Waals surface area contributed by atoms with Crippen LogP contribution in [0.3, 0.4) is 0 Å². The summed E-state index contributed by atoms with van der Waals surface area (Å²) in [6.45, 7) is 5.32. The molecule has 4 amide bonds. The van der Waals surface area contributed by atoms with Gasteiger partial charge in [-0.3, -0.25) is 14.5 Å². The molecule has 10 heteroatoms. The summed E-state index contributed by atoms with van der Waals surface area (Å²) in [7, 11) is 0. The number of likely N-dealkylation sites (tertiary alicyclic amines) is 1. The Morgan fingerprint density at radius 2 is 1.92 bits per heavy atom. The largest absolute Gasteiger partial charge is 0.457 e. The molecular formula is C28H31N5O4S. The molecule has 0 saturated carbocycles. The van der Waals surface area contributed by atoms with Crippen LogP contribution >= 0.6 is 11.8 Å². The molecule has 0 aromatic heterocycles. The molecule has 3 saturated heterocycles. The lowest BCUT2D eigenvalue weighted by atomic mass is 9.86. The number of hydrogen-bond acceptors (Lipinski definition) is 6. The first-order valence-corrected chi connectivity index (χ1v) is 13.9. The molecule has 9 nitrogen and oxygen atoms in total. The van der Waals surface area contributed by atoms with Crippen LogP contribution in [0.25, 0.3) is 0 Å². The summed E-state index contributed by atoms with van der Waals surface area (Å²) in [5.74, 6) is 1.30. The third kappa shape index (κ3) is 4.52. The first kappa shape index (κ1) is 24.8. The number of benzene rings is 2. The molecule has 198 valence electrons. The first-order valence-electron chi connectivity index (χ1n) is 13.0. The number of hydrogen-bond donors (Lipinski definition) is 3. The van der Waals surface area contributed by atoms with Gasteiger partial charge in [-0.25, -0.2) is 4.79 Å². The SMILES string of the molecule is CC(=O)N[C@H]1CCN(C(=O)C2=C3NC(=O)N(c4ccc(Oc5ccccc5)cc4C)C4CCNC(S2)C34)C1. The number of thioether (sulfide) groups is 1. The molecule has 3 unspecified atom stereocenters. The van der Waals surface area contributed by atoms with Crippen LogP contribution in [-0.2, 0) is 9.59 Å². The highest BCUT2D eigenvalue weighted by Gasteiger charge is 2.52. The highest BCUT2D eigenvalue weighted by Crippen LogP contribution is 2.49. The van der Waals surface area contributed by atoms with Crippen molar-refractivity contribution in [2.45, 2.75) is 44.1 Å². The van der Waals surface area contributed by atoms with Crippen molar-refractivity contribution in [2.24, 2.45) is 5.92 Å². The van der Waals surface area contributed by atoms with Gasteiger partial charge in [0.25, 0.3) is 5.91 Å². The molecule has 3 N–H and O–H groups in total. The summed E-state index contributed by atoms with van der Waals surface area (Å²) in [6, 6.07) is 15.1. The van der Waals surface area contributed by atoms with Crippen molar-refractivity contribution in [1.82, 2.24) is 20.9 Å². The van der Waals surface area contributed by atoms with Gasteiger partial charge in [-0.15, -0.1) is 0 Å². The Kier molecular flexibility index (Phi) is 6.53. The van der Waals surface area contributed by atoms with Gasteiger partial charge in [-0.1, -0.05) is 30.0 Å². The second kappa shape index (κ2) is 9.99. The van der Waals surface area contributed by atoms with Crippen molar-refractivity contribution in [3.05, 3.63) is 64.7 Å². The predicted octanol–water partition coefficient (Wildman–Crippen LogP) is 3.32. The second-order valence-corrected chi connectivity index (χ2v) is 11.4. The lowest BCUT2D eigenvalue weighted by Crippen LogP contribution is -2.62. The van der Waals surface area contributed by atoms with Crippen LogP contribution in [0.2, 0.25) is 0 Å². The Morgan fingerprint density at radius 1 is 1.11 bits per heavy atom. The van der Waals surface area contributed by atoms with E-state index in [0.717, 1.165) is 42.1 Å². The number of ether oxygens (including phenoxy) is 1. The number of amides is 4. The van der Waals surface area contributed by atoms with Crippen LogP contribution in [0.5, 0.6) is 11.5 Å². The maximum Gasteiger partial charge on any atom is 0.326 e. The van der Waals surface area contributed by atoms with Gasteiger partial charge in [-0.05, 0) is 62.2 Å². The Balaban J connectivity index is 1.25. The highest BCUT2D eigenvalue weighted by atomic mass is 32.2. The second-order valence-electron chi connectivity index (χ2n) is 10.2. The van der Waals surface area contributed by atoms with Crippen LogP contribution in [0.4, 0.5) is 10.5 Å². The van der Waals surface area contributed by atoms with Crippen LogP contribution in [0.1, 0.15) is 25.3 Å². The van der Waals surface area contributed by atoms with Crippen molar-refractivity contribution >= 4 is 35.3 Å². The van der Waals surface area contributed by atoms with Gasteiger partial charge >= 0.3 is 6.03 Å². The molecule has 4 aliphatic rings. The Labute approximate surface area is 226 Å². The Hall–Kier alpha value is -3.50. The summed E-state index contributed by atoms with van der Waals surface area (Å²) in [4.78, 5) is 42.8. The number of nitrogens with zero attached hydrogens (tertiary/aromatic N) is 2. The number of aryl methyl sites for hydroxylation is 1. The minimum Gasteiger partial charge on any atom is -0.457 e. The average molecular weight is 534 g/mol. The normalized spacial score (nSPS) is 26.2. The lowest BCUT2D eigenvalue weighted by Gasteiger charge is -2.46. The van der Waals surface area contributed by atoms with E-state index in [4.69, 9.17) is 4.74 Å². The maximum absolute atomic E-state index is 13.6. The first-order chi connectivity index (χ1) is 18.4. The summed E-state index contributed by atoms with van der Waals surface area (Å²) >= 11 is 1.52. The third-order valence-electron chi connectivity index (χ3n) is 7.62. The van der Waals surface area contributed by atoms with Crippen molar-refractivity contribution in [1.29, 1.82) is 0 Å². The van der Waals surface area contributed by atoms with E-state index in [0.29, 0.717) is 23.7 Å². The van der Waals surface area contributed by atoms with Crippen molar-refractivity contribution in [2.75, 3.05) is 24.5 Å². The lowest BCUT2D eigenvalue weighted by molar-refractivity contribution is -0.126. The molecule has 0 spiro atoms. The molecule has 2 aromatic rings. The predicted molar refractivity (Wildman–Crippen MR) is 146 cm³/mol. The number of carbonyl (C=O) groups excluding carboxylic acids is 3. The fourth-order valence-electron chi connectivity index (χ4n) is 5.97. The number of carbonyl (C=O) groups is 3. The molecule has 4 atom stereocenters. The number of piperidine rings is 1. The molecule has 0 bridgehead atoms. The van der Waals surface area contributed by atoms with Gasteiger partial charge < -0.3 is 25.6 Å². The molecule has 0 radical (unpaired) electrons. The van der Waals surface area contributed by atoms with E-state index in [1.54, 1.807) is 4.90 Å². The van der Waals surface area contributed by atoms with E-state index in [-0.39, 0.29) is 41.2 Å². The smallest absolute Gasteiger partial charge is 0.326 e. The molecule has 3 fully saturated rings. The van der Waals surface area contributed by atoms with Crippen LogP contribution in [-0.4, -0.2) is 59.8 Å². The molecule has 4 heterocycles. The zero-order chi connectivity index (χ0) is 26.4. The van der Waals surface area contributed by atoms with E-state index < -0.39 is 0 Å². The quantitative estimate of drug-likeness (QED) is 0.545. The molecule has 4 aliphatic heterocycles. The average Bonchev–Trinajstić information content (AvgIpc) is 3.50. The summed E-state index contributed by atoms with van der Waals surface area (Å²) in [5, 5.41) is 9.57.